The van der Waals surface area contributed by atoms with Crippen LogP contribution < -0.4 is 10.2 Å². The predicted octanol–water partition coefficient (Wildman–Crippen LogP) is 6.02. The lowest BCUT2D eigenvalue weighted by Gasteiger charge is -2.25. The first kappa shape index (κ1) is 25.0. The first-order valence-corrected chi connectivity index (χ1v) is 13.0. The van der Waals surface area contributed by atoms with Gasteiger partial charge >= 0.3 is 0 Å². The molecule has 2 aromatic carbocycles. The first-order valence-electron chi connectivity index (χ1n) is 11.6. The number of nitrogens with zero attached hydrogens (tertiary/aromatic N) is 4. The number of para-hydroxylation sites is 1. The largest absolute Gasteiger partial charge is 0.496 e. The Morgan fingerprint density at radius 2 is 1.94 bits per heavy atom. The lowest BCUT2D eigenvalue weighted by atomic mass is 9.95. The van der Waals surface area contributed by atoms with Gasteiger partial charge in [-0.3, -0.25) is 9.36 Å². The van der Waals surface area contributed by atoms with Gasteiger partial charge in [0, 0.05) is 28.4 Å². The normalized spacial score (nSPS) is 14.6. The number of carbonyl (C=O) groups excluding carboxylic acids is 1. The molecule has 0 saturated heterocycles. The molecule has 3 aromatic rings. The Bertz CT molecular complexity index is 1190. The summed E-state index contributed by atoms with van der Waals surface area (Å²) >= 11 is 7.45. The van der Waals surface area contributed by atoms with Crippen molar-refractivity contribution in [2.45, 2.75) is 43.3 Å². The number of hydrogen-bond donors (Lipinski definition) is 1. The van der Waals surface area contributed by atoms with E-state index in [1.165, 1.54) is 37.2 Å². The summed E-state index contributed by atoms with van der Waals surface area (Å²) in [7, 11) is 1.63. The van der Waals surface area contributed by atoms with E-state index in [-0.39, 0.29) is 11.7 Å². The van der Waals surface area contributed by atoms with E-state index in [0.717, 1.165) is 40.7 Å². The van der Waals surface area contributed by atoms with Crippen LogP contribution in [0.15, 0.2) is 64.9 Å². The highest BCUT2D eigenvalue weighted by Gasteiger charge is 2.24. The standard InChI is InChI=1S/C26H28ClN5O2S/c1-34-23-12-6-5-8-19(23)9-7-17-28-29-24(33)18-35-26-31-30-25(20-13-15-21(27)16-14-20)32(26)22-10-3-2-4-11-22/h5-9,12-17,22H,2-4,10-11,18H2,1H3,(H,29,33)/b9-7+,28-17-. The minimum absolute atomic E-state index is 0.193. The molecule has 1 amide bonds. The number of rotatable bonds is 9. The minimum Gasteiger partial charge on any atom is -0.496 e. The number of methoxy groups -OCH3 is 1. The van der Waals surface area contributed by atoms with Crippen LogP contribution in [0.1, 0.15) is 43.7 Å². The molecular formula is C26H28ClN5O2S. The van der Waals surface area contributed by atoms with Crippen molar-refractivity contribution in [2.75, 3.05) is 12.9 Å². The number of nitrogens with one attached hydrogen (secondary N) is 1. The van der Waals surface area contributed by atoms with Gasteiger partial charge in [-0.25, -0.2) is 5.43 Å². The fraction of sp³-hybridized carbons (Fsp3) is 0.308. The Kier molecular flexibility index (Phi) is 8.97. The first-order chi connectivity index (χ1) is 17.2. The fourth-order valence-electron chi connectivity index (χ4n) is 4.11. The van der Waals surface area contributed by atoms with Crippen LogP contribution >= 0.6 is 23.4 Å². The molecule has 1 aliphatic carbocycles. The molecule has 182 valence electrons. The zero-order valence-corrected chi connectivity index (χ0v) is 21.1. The van der Waals surface area contributed by atoms with E-state index in [1.54, 1.807) is 13.2 Å². The highest BCUT2D eigenvalue weighted by Crippen LogP contribution is 2.35. The van der Waals surface area contributed by atoms with Crippen LogP contribution in [0.3, 0.4) is 0 Å². The topological polar surface area (TPSA) is 81.4 Å². The smallest absolute Gasteiger partial charge is 0.250 e. The summed E-state index contributed by atoms with van der Waals surface area (Å²) < 4.78 is 7.51. The van der Waals surface area contributed by atoms with E-state index in [2.05, 4.69) is 25.3 Å². The second-order valence-corrected chi connectivity index (χ2v) is 9.56. The lowest BCUT2D eigenvalue weighted by molar-refractivity contribution is -0.118. The molecule has 0 radical (unpaired) electrons. The summed E-state index contributed by atoms with van der Waals surface area (Å²) in [6, 6.07) is 15.6. The SMILES string of the molecule is COc1ccccc1/C=C/C=N\NC(=O)CSc1nnc(-c2ccc(Cl)cc2)n1C1CCCCC1. The average Bonchev–Trinajstić information content (AvgIpc) is 3.32. The van der Waals surface area contributed by atoms with Crippen LogP contribution in [-0.4, -0.2) is 39.7 Å². The summed E-state index contributed by atoms with van der Waals surface area (Å²) in [5.41, 5.74) is 4.47. The molecule has 0 unspecified atom stereocenters. The quantitative estimate of drug-likeness (QED) is 0.217. The van der Waals surface area contributed by atoms with Crippen LogP contribution in [0.2, 0.25) is 5.02 Å². The predicted molar refractivity (Wildman–Crippen MR) is 142 cm³/mol. The number of thioether (sulfide) groups is 1. The van der Waals surface area contributed by atoms with Gasteiger partial charge in [0.15, 0.2) is 11.0 Å². The van der Waals surface area contributed by atoms with E-state index in [9.17, 15) is 4.79 Å². The third-order valence-electron chi connectivity index (χ3n) is 5.80. The van der Waals surface area contributed by atoms with Gasteiger partial charge in [0.25, 0.3) is 5.91 Å². The van der Waals surface area contributed by atoms with Gasteiger partial charge in [-0.1, -0.05) is 60.8 Å². The van der Waals surface area contributed by atoms with Crippen LogP contribution in [0, 0.1) is 0 Å². The van der Waals surface area contributed by atoms with Gasteiger partial charge in [-0.2, -0.15) is 5.10 Å². The Labute approximate surface area is 214 Å². The molecule has 1 aliphatic rings. The van der Waals surface area contributed by atoms with Crippen molar-refractivity contribution >= 4 is 41.6 Å². The summed E-state index contributed by atoms with van der Waals surface area (Å²) in [6.07, 6.45) is 11.0. The van der Waals surface area contributed by atoms with Gasteiger partial charge < -0.3 is 4.74 Å². The van der Waals surface area contributed by atoms with E-state index in [4.69, 9.17) is 16.3 Å². The number of hydrogen-bond acceptors (Lipinski definition) is 6. The fourth-order valence-corrected chi connectivity index (χ4v) is 5.03. The lowest BCUT2D eigenvalue weighted by Crippen LogP contribution is -2.20. The van der Waals surface area contributed by atoms with Gasteiger partial charge in [0.1, 0.15) is 5.75 Å². The van der Waals surface area contributed by atoms with Crippen molar-refractivity contribution in [2.24, 2.45) is 5.10 Å². The third-order valence-corrected chi connectivity index (χ3v) is 7.00. The molecule has 35 heavy (non-hydrogen) atoms. The molecule has 1 saturated carbocycles. The van der Waals surface area contributed by atoms with E-state index in [0.29, 0.717) is 11.1 Å². The van der Waals surface area contributed by atoms with Crippen LogP contribution in [0.25, 0.3) is 17.5 Å². The van der Waals surface area contributed by atoms with Crippen LogP contribution in [-0.2, 0) is 4.79 Å². The van der Waals surface area contributed by atoms with Crippen molar-refractivity contribution in [1.29, 1.82) is 0 Å². The molecule has 9 heteroatoms. The zero-order valence-electron chi connectivity index (χ0n) is 19.6. The van der Waals surface area contributed by atoms with Gasteiger partial charge in [0.2, 0.25) is 0 Å². The summed E-state index contributed by atoms with van der Waals surface area (Å²) in [4.78, 5) is 12.4. The van der Waals surface area contributed by atoms with Crippen molar-refractivity contribution in [3.05, 3.63) is 65.2 Å². The number of aromatic nitrogens is 3. The molecule has 4 rings (SSSR count). The second-order valence-electron chi connectivity index (χ2n) is 8.18. The molecule has 0 bridgehead atoms. The van der Waals surface area contributed by atoms with Gasteiger partial charge in [-0.05, 0) is 55.3 Å². The molecule has 1 heterocycles. The van der Waals surface area contributed by atoms with E-state index < -0.39 is 0 Å². The highest BCUT2D eigenvalue weighted by molar-refractivity contribution is 7.99. The zero-order chi connectivity index (χ0) is 24.5. The van der Waals surface area contributed by atoms with Crippen molar-refractivity contribution in [3.8, 4) is 17.1 Å². The third kappa shape index (κ3) is 6.74. The minimum atomic E-state index is -0.205. The van der Waals surface area contributed by atoms with Gasteiger partial charge in [-0.15, -0.1) is 10.2 Å². The second kappa shape index (κ2) is 12.6. The maximum atomic E-state index is 12.4. The van der Waals surface area contributed by atoms with Crippen LogP contribution in [0.5, 0.6) is 5.75 Å². The number of ether oxygens (including phenoxy) is 1. The number of amides is 1. The maximum Gasteiger partial charge on any atom is 0.250 e. The summed E-state index contributed by atoms with van der Waals surface area (Å²) in [5.74, 6) is 1.58. The Morgan fingerprint density at radius 1 is 1.17 bits per heavy atom. The summed E-state index contributed by atoms with van der Waals surface area (Å²) in [5, 5.41) is 14.3. The average molecular weight is 510 g/mol. The van der Waals surface area contributed by atoms with Crippen molar-refractivity contribution in [1.82, 2.24) is 20.2 Å². The maximum absolute atomic E-state index is 12.4. The molecule has 1 aromatic heterocycles. The monoisotopic (exact) mass is 509 g/mol. The van der Waals surface area contributed by atoms with Crippen molar-refractivity contribution < 1.29 is 9.53 Å². The Balaban J connectivity index is 1.38. The van der Waals surface area contributed by atoms with E-state index in [1.807, 2.05) is 54.6 Å². The van der Waals surface area contributed by atoms with Gasteiger partial charge in [0.05, 0.1) is 12.9 Å². The summed E-state index contributed by atoms with van der Waals surface area (Å²) in [6.45, 7) is 0. The van der Waals surface area contributed by atoms with Crippen molar-refractivity contribution in [3.63, 3.8) is 0 Å². The Morgan fingerprint density at radius 3 is 2.71 bits per heavy atom. The molecule has 1 fully saturated rings. The number of hydrazone groups is 1. The molecule has 1 N–H and O–H groups in total. The van der Waals surface area contributed by atoms with E-state index >= 15 is 0 Å². The molecule has 0 aliphatic heterocycles. The van der Waals surface area contributed by atoms with Crippen LogP contribution in [0.4, 0.5) is 0 Å². The number of allylic oxidation sites excluding steroid dienone is 1. The highest BCUT2D eigenvalue weighted by atomic mass is 35.5. The number of carbonyl (C=O) groups is 1. The molecule has 7 nitrogen and oxygen atoms in total. The molecule has 0 atom stereocenters. The Hall–Kier alpha value is -3.10. The number of benzene rings is 2. The number of halogens is 1. The molecular weight excluding hydrogens is 482 g/mol. The molecule has 0 spiro atoms.